The molecule has 0 radical (unpaired) electrons. The normalized spacial score (nSPS) is 40.8. The highest BCUT2D eigenvalue weighted by atomic mass is 16.1. The number of Topliss-reactive ketones (excluding diaryl/α,β-unsaturated/α-hetero) is 1. The summed E-state index contributed by atoms with van der Waals surface area (Å²) in [6.45, 7) is 6.93. The van der Waals surface area contributed by atoms with E-state index < -0.39 is 0 Å². The van der Waals surface area contributed by atoms with Gasteiger partial charge in [0, 0.05) is 18.3 Å². The van der Waals surface area contributed by atoms with Crippen molar-refractivity contribution >= 4 is 11.6 Å². The van der Waals surface area contributed by atoms with Crippen molar-refractivity contribution in [2.45, 2.75) is 91.4 Å². The molecule has 0 aromatic rings. The van der Waals surface area contributed by atoms with E-state index in [-0.39, 0.29) is 10.8 Å². The minimum atomic E-state index is -0.0902. The Hall–Kier alpha value is -1.18. The lowest BCUT2D eigenvalue weighted by atomic mass is 9.48. The first-order valence-electron chi connectivity index (χ1n) is 11.4. The van der Waals surface area contributed by atoms with Crippen molar-refractivity contribution < 1.29 is 9.59 Å². The summed E-state index contributed by atoms with van der Waals surface area (Å²) in [5.41, 5.74) is 2.86. The SMILES string of the molecule is CCCCCCC1=C[C@@H]2[C@H](CC[C@]3(C)C(=O)CC[C@@H]23)[C@@]2(C)CCC(=O)C=C12. The molecule has 0 aromatic carbocycles. The first-order valence-corrected chi connectivity index (χ1v) is 11.4. The van der Waals surface area contributed by atoms with Crippen molar-refractivity contribution in [3.63, 3.8) is 0 Å². The highest BCUT2D eigenvalue weighted by molar-refractivity contribution is 5.92. The van der Waals surface area contributed by atoms with Gasteiger partial charge in [-0.15, -0.1) is 0 Å². The van der Waals surface area contributed by atoms with Crippen LogP contribution in [0.25, 0.3) is 0 Å². The molecule has 0 amide bonds. The number of hydrogen-bond acceptors (Lipinski definition) is 2. The molecule has 2 fully saturated rings. The summed E-state index contributed by atoms with van der Waals surface area (Å²) >= 11 is 0. The van der Waals surface area contributed by atoms with Gasteiger partial charge in [0.1, 0.15) is 5.78 Å². The molecule has 27 heavy (non-hydrogen) atoms. The Kier molecular flexibility index (Phi) is 4.97. The van der Waals surface area contributed by atoms with Gasteiger partial charge in [-0.2, -0.15) is 0 Å². The van der Waals surface area contributed by atoms with E-state index in [1.54, 1.807) is 0 Å². The lowest BCUT2D eigenvalue weighted by Crippen LogP contribution is -2.49. The third kappa shape index (κ3) is 2.98. The van der Waals surface area contributed by atoms with Gasteiger partial charge in [-0.25, -0.2) is 0 Å². The molecule has 2 saturated carbocycles. The van der Waals surface area contributed by atoms with Crippen LogP contribution in [0, 0.1) is 28.6 Å². The zero-order valence-corrected chi connectivity index (χ0v) is 17.5. The van der Waals surface area contributed by atoms with Crippen LogP contribution in [0.4, 0.5) is 0 Å². The van der Waals surface area contributed by atoms with Crippen LogP contribution in [-0.4, -0.2) is 11.6 Å². The summed E-state index contributed by atoms with van der Waals surface area (Å²) in [5, 5.41) is 0. The highest BCUT2D eigenvalue weighted by Gasteiger charge is 2.58. The molecular formula is C25H36O2. The second-order valence-electron chi connectivity index (χ2n) is 10.2. The van der Waals surface area contributed by atoms with Crippen LogP contribution in [0.1, 0.15) is 91.4 Å². The maximum atomic E-state index is 12.7. The maximum absolute atomic E-state index is 12.7. The summed E-state index contributed by atoms with van der Waals surface area (Å²) in [4.78, 5) is 24.9. The molecule has 0 bridgehead atoms. The molecule has 4 aliphatic rings. The van der Waals surface area contributed by atoms with E-state index in [1.165, 1.54) is 36.8 Å². The fourth-order valence-corrected chi connectivity index (χ4v) is 6.99. The molecule has 0 aliphatic heterocycles. The minimum Gasteiger partial charge on any atom is -0.299 e. The first kappa shape index (κ1) is 19.2. The smallest absolute Gasteiger partial charge is 0.156 e. The molecule has 5 atom stereocenters. The van der Waals surface area contributed by atoms with Gasteiger partial charge in [-0.3, -0.25) is 9.59 Å². The standard InChI is InChI=1S/C25H36O2/c1-4-5-6-7-8-17-15-19-20-9-10-23(27)25(20,3)14-12-21(19)24(2)13-11-18(26)16-22(17)24/h15-16,19-21H,4-14H2,1-3H3/t19-,20-,21-,24+,25-/m0/s1. The van der Waals surface area contributed by atoms with Crippen molar-refractivity contribution in [2.24, 2.45) is 28.6 Å². The molecule has 2 nitrogen and oxygen atoms in total. The van der Waals surface area contributed by atoms with Gasteiger partial charge in [0.2, 0.25) is 0 Å². The molecular weight excluding hydrogens is 332 g/mol. The summed E-state index contributed by atoms with van der Waals surface area (Å²) in [6.07, 6.45) is 16.5. The van der Waals surface area contributed by atoms with Crippen LogP contribution in [0.15, 0.2) is 23.3 Å². The van der Waals surface area contributed by atoms with Gasteiger partial charge in [-0.05, 0) is 78.9 Å². The van der Waals surface area contributed by atoms with E-state index >= 15 is 0 Å². The largest absolute Gasteiger partial charge is 0.299 e. The van der Waals surface area contributed by atoms with Crippen LogP contribution in [0.2, 0.25) is 0 Å². The number of carbonyl (C=O) groups excluding carboxylic acids is 2. The molecule has 4 aliphatic carbocycles. The zero-order chi connectivity index (χ0) is 19.2. The number of ketones is 2. The van der Waals surface area contributed by atoms with E-state index in [0.29, 0.717) is 35.7 Å². The van der Waals surface area contributed by atoms with Crippen molar-refractivity contribution in [3.05, 3.63) is 23.3 Å². The summed E-state index contributed by atoms with van der Waals surface area (Å²) in [5.74, 6) is 2.49. The highest BCUT2D eigenvalue weighted by Crippen LogP contribution is 2.64. The number of unbranched alkanes of at least 4 members (excludes halogenated alkanes) is 3. The lowest BCUT2D eigenvalue weighted by molar-refractivity contribution is -0.130. The molecule has 0 spiro atoms. The van der Waals surface area contributed by atoms with Crippen LogP contribution in [0.5, 0.6) is 0 Å². The fourth-order valence-electron chi connectivity index (χ4n) is 6.99. The molecule has 2 heteroatoms. The Morgan fingerprint density at radius 3 is 2.52 bits per heavy atom. The lowest BCUT2D eigenvalue weighted by Gasteiger charge is -2.56. The maximum Gasteiger partial charge on any atom is 0.156 e. The number of carbonyl (C=O) groups is 2. The van der Waals surface area contributed by atoms with E-state index in [1.807, 2.05) is 6.08 Å². The number of rotatable bonds is 5. The van der Waals surface area contributed by atoms with E-state index in [9.17, 15) is 9.59 Å². The molecule has 0 unspecified atom stereocenters. The summed E-state index contributed by atoms with van der Waals surface area (Å²) < 4.78 is 0. The zero-order valence-electron chi connectivity index (χ0n) is 17.5. The van der Waals surface area contributed by atoms with Crippen molar-refractivity contribution in [1.29, 1.82) is 0 Å². The Morgan fingerprint density at radius 1 is 0.963 bits per heavy atom. The van der Waals surface area contributed by atoms with Crippen molar-refractivity contribution in [3.8, 4) is 0 Å². The third-order valence-corrected chi connectivity index (χ3v) is 8.71. The van der Waals surface area contributed by atoms with Gasteiger partial charge >= 0.3 is 0 Å². The number of allylic oxidation sites excluding steroid dienone is 4. The molecule has 0 saturated heterocycles. The molecule has 148 valence electrons. The van der Waals surface area contributed by atoms with E-state index in [2.05, 4.69) is 26.8 Å². The number of hydrogen-bond donors (Lipinski definition) is 0. The van der Waals surface area contributed by atoms with Crippen LogP contribution >= 0.6 is 0 Å². The topological polar surface area (TPSA) is 34.1 Å². The van der Waals surface area contributed by atoms with Gasteiger partial charge in [0.25, 0.3) is 0 Å². The average molecular weight is 369 g/mol. The van der Waals surface area contributed by atoms with Crippen LogP contribution in [-0.2, 0) is 9.59 Å². The van der Waals surface area contributed by atoms with Crippen LogP contribution in [0.3, 0.4) is 0 Å². The second kappa shape index (κ2) is 7.01. The molecule has 4 rings (SSSR count). The molecule has 0 aromatic heterocycles. The van der Waals surface area contributed by atoms with Crippen LogP contribution < -0.4 is 0 Å². The minimum absolute atomic E-state index is 0.0902. The summed E-state index contributed by atoms with van der Waals surface area (Å²) in [7, 11) is 0. The van der Waals surface area contributed by atoms with Crippen molar-refractivity contribution in [1.82, 2.24) is 0 Å². The van der Waals surface area contributed by atoms with Crippen molar-refractivity contribution in [2.75, 3.05) is 0 Å². The third-order valence-electron chi connectivity index (χ3n) is 8.71. The second-order valence-corrected chi connectivity index (χ2v) is 10.2. The van der Waals surface area contributed by atoms with Gasteiger partial charge < -0.3 is 0 Å². The van der Waals surface area contributed by atoms with Gasteiger partial charge in [0.15, 0.2) is 5.78 Å². The number of fused-ring (bicyclic) bond motifs is 5. The fraction of sp³-hybridized carbons (Fsp3) is 0.760. The predicted octanol–water partition coefficient (Wildman–Crippen LogP) is 6.20. The van der Waals surface area contributed by atoms with Gasteiger partial charge in [-0.1, -0.05) is 46.1 Å². The Balaban J connectivity index is 1.70. The predicted molar refractivity (Wildman–Crippen MR) is 109 cm³/mol. The quantitative estimate of drug-likeness (QED) is 0.541. The van der Waals surface area contributed by atoms with Gasteiger partial charge in [0.05, 0.1) is 0 Å². The monoisotopic (exact) mass is 368 g/mol. The Labute approximate surface area is 164 Å². The molecule has 0 N–H and O–H groups in total. The average Bonchev–Trinajstić information content (AvgIpc) is 2.95. The first-order chi connectivity index (χ1) is 12.9. The molecule has 0 heterocycles. The summed E-state index contributed by atoms with van der Waals surface area (Å²) in [6, 6.07) is 0. The Morgan fingerprint density at radius 2 is 1.74 bits per heavy atom. The Bertz CT molecular complexity index is 699. The van der Waals surface area contributed by atoms with E-state index in [4.69, 9.17) is 0 Å². The van der Waals surface area contributed by atoms with E-state index in [0.717, 1.165) is 38.5 Å².